The Kier molecular flexibility index (Phi) is 7.21. The van der Waals surface area contributed by atoms with Crippen molar-refractivity contribution in [2.45, 2.75) is 59.7 Å². The van der Waals surface area contributed by atoms with E-state index in [1.165, 1.54) is 11.1 Å². The smallest absolute Gasteiger partial charge is 0.0727 e. The second-order valence-corrected chi connectivity index (χ2v) is 7.62. The molecule has 0 aliphatic heterocycles. The van der Waals surface area contributed by atoms with Crippen molar-refractivity contribution in [1.29, 1.82) is 0 Å². The van der Waals surface area contributed by atoms with Gasteiger partial charge in [0.15, 0.2) is 0 Å². The summed E-state index contributed by atoms with van der Waals surface area (Å²) in [6.45, 7) is 13.4. The number of hydrogen-bond acceptors (Lipinski definition) is 2. The number of ether oxygens (including phenoxy) is 1. The van der Waals surface area contributed by atoms with Gasteiger partial charge in [-0.2, -0.15) is 0 Å². The van der Waals surface area contributed by atoms with Crippen LogP contribution in [-0.4, -0.2) is 12.1 Å². The first-order chi connectivity index (χ1) is 9.28. The van der Waals surface area contributed by atoms with Crippen molar-refractivity contribution in [3.63, 3.8) is 0 Å². The van der Waals surface area contributed by atoms with E-state index >= 15 is 0 Å². The van der Waals surface area contributed by atoms with Crippen molar-refractivity contribution in [3.05, 3.63) is 33.8 Å². The molecule has 0 spiro atoms. The lowest BCUT2D eigenvalue weighted by Gasteiger charge is -2.20. The van der Waals surface area contributed by atoms with Crippen LogP contribution in [0.4, 0.5) is 0 Å². The first-order valence-corrected chi connectivity index (χ1v) is 8.17. The molecule has 0 bridgehead atoms. The van der Waals surface area contributed by atoms with Gasteiger partial charge in [0.25, 0.3) is 0 Å². The van der Waals surface area contributed by atoms with Crippen molar-refractivity contribution >= 4 is 15.9 Å². The van der Waals surface area contributed by atoms with E-state index in [1.807, 2.05) is 0 Å². The molecule has 1 aromatic rings. The second-order valence-electron chi connectivity index (χ2n) is 6.76. The Bertz CT molecular complexity index is 410. The second kappa shape index (κ2) is 8.16. The molecule has 1 aromatic carbocycles. The Morgan fingerprint density at radius 3 is 2.50 bits per heavy atom. The average Bonchev–Trinajstić information content (AvgIpc) is 2.33. The third-order valence-electron chi connectivity index (χ3n) is 3.04. The Hall–Kier alpha value is -0.380. The number of halogens is 1. The third-order valence-corrected chi connectivity index (χ3v) is 3.78. The summed E-state index contributed by atoms with van der Waals surface area (Å²) in [7, 11) is 0. The summed E-state index contributed by atoms with van der Waals surface area (Å²) in [6, 6.07) is 6.50. The van der Waals surface area contributed by atoms with Gasteiger partial charge in [-0.3, -0.25) is 0 Å². The first kappa shape index (κ1) is 17.7. The standard InChI is InChI=1S/C17H28BrNO/c1-13(2)8-9-20-12-15-7-6-14(10-16(15)18)11-19-17(3,4)5/h6-7,10,13,19H,8-9,11-12H2,1-5H3. The van der Waals surface area contributed by atoms with E-state index in [1.54, 1.807) is 0 Å². The number of rotatable bonds is 7. The van der Waals surface area contributed by atoms with Crippen LogP contribution in [0.5, 0.6) is 0 Å². The Labute approximate surface area is 132 Å². The van der Waals surface area contributed by atoms with E-state index in [-0.39, 0.29) is 5.54 Å². The molecule has 0 amide bonds. The predicted octanol–water partition coefficient (Wildman–Crippen LogP) is 4.90. The number of nitrogens with one attached hydrogen (secondary N) is 1. The topological polar surface area (TPSA) is 21.3 Å². The van der Waals surface area contributed by atoms with Gasteiger partial charge >= 0.3 is 0 Å². The predicted molar refractivity (Wildman–Crippen MR) is 89.8 cm³/mol. The van der Waals surface area contributed by atoms with Crippen LogP contribution < -0.4 is 5.32 Å². The zero-order valence-electron chi connectivity index (χ0n) is 13.4. The molecule has 0 radical (unpaired) electrons. The van der Waals surface area contributed by atoms with Crippen LogP contribution in [0.1, 0.15) is 52.2 Å². The summed E-state index contributed by atoms with van der Waals surface area (Å²) in [5.74, 6) is 0.698. The zero-order chi connectivity index (χ0) is 15.2. The molecule has 20 heavy (non-hydrogen) atoms. The number of benzene rings is 1. The summed E-state index contributed by atoms with van der Waals surface area (Å²) in [6.07, 6.45) is 1.12. The van der Waals surface area contributed by atoms with Gasteiger partial charge in [0.1, 0.15) is 0 Å². The molecule has 1 N–H and O–H groups in total. The van der Waals surface area contributed by atoms with Crippen LogP contribution in [-0.2, 0) is 17.9 Å². The molecule has 3 heteroatoms. The Balaban J connectivity index is 2.47. The fourth-order valence-electron chi connectivity index (χ4n) is 1.69. The van der Waals surface area contributed by atoms with Gasteiger partial charge in [0, 0.05) is 23.2 Å². The lowest BCUT2D eigenvalue weighted by atomic mass is 10.1. The molecular weight excluding hydrogens is 314 g/mol. The van der Waals surface area contributed by atoms with Gasteiger partial charge in [-0.05, 0) is 50.3 Å². The Morgan fingerprint density at radius 1 is 1.25 bits per heavy atom. The summed E-state index contributed by atoms with van der Waals surface area (Å²) in [5, 5.41) is 3.50. The largest absolute Gasteiger partial charge is 0.377 e. The van der Waals surface area contributed by atoms with Gasteiger partial charge < -0.3 is 10.1 Å². The lowest BCUT2D eigenvalue weighted by molar-refractivity contribution is 0.110. The first-order valence-electron chi connectivity index (χ1n) is 7.38. The van der Waals surface area contributed by atoms with E-state index in [4.69, 9.17) is 4.74 Å². The summed E-state index contributed by atoms with van der Waals surface area (Å²) < 4.78 is 6.85. The zero-order valence-corrected chi connectivity index (χ0v) is 15.0. The van der Waals surface area contributed by atoms with Crippen LogP contribution in [0.2, 0.25) is 0 Å². The normalized spacial score (nSPS) is 12.2. The molecule has 0 aliphatic rings. The molecule has 0 aromatic heterocycles. The van der Waals surface area contributed by atoms with E-state index in [9.17, 15) is 0 Å². The van der Waals surface area contributed by atoms with Crippen LogP contribution in [0.25, 0.3) is 0 Å². The van der Waals surface area contributed by atoms with Gasteiger partial charge in [-0.15, -0.1) is 0 Å². The van der Waals surface area contributed by atoms with Gasteiger partial charge in [-0.1, -0.05) is 41.9 Å². The highest BCUT2D eigenvalue weighted by Crippen LogP contribution is 2.20. The molecule has 0 unspecified atom stereocenters. The minimum atomic E-state index is 0.144. The van der Waals surface area contributed by atoms with Crippen LogP contribution in [0.15, 0.2) is 22.7 Å². The van der Waals surface area contributed by atoms with Crippen molar-refractivity contribution in [3.8, 4) is 0 Å². The summed E-state index contributed by atoms with van der Waals surface area (Å²) in [5.41, 5.74) is 2.65. The summed E-state index contributed by atoms with van der Waals surface area (Å²) >= 11 is 3.64. The lowest BCUT2D eigenvalue weighted by Crippen LogP contribution is -2.35. The molecule has 0 heterocycles. The fraction of sp³-hybridized carbons (Fsp3) is 0.647. The van der Waals surface area contributed by atoms with E-state index in [2.05, 4.69) is 74.1 Å². The highest BCUT2D eigenvalue weighted by molar-refractivity contribution is 9.10. The molecule has 0 saturated heterocycles. The highest BCUT2D eigenvalue weighted by atomic mass is 79.9. The van der Waals surface area contributed by atoms with Crippen LogP contribution in [0.3, 0.4) is 0 Å². The van der Waals surface area contributed by atoms with E-state index in [0.717, 1.165) is 24.0 Å². The fourth-order valence-corrected chi connectivity index (χ4v) is 2.23. The van der Waals surface area contributed by atoms with Crippen molar-refractivity contribution in [1.82, 2.24) is 5.32 Å². The molecular formula is C17H28BrNO. The average molecular weight is 342 g/mol. The molecule has 2 nitrogen and oxygen atoms in total. The van der Waals surface area contributed by atoms with Crippen LogP contribution >= 0.6 is 15.9 Å². The molecule has 0 atom stereocenters. The van der Waals surface area contributed by atoms with Gasteiger partial charge in [0.2, 0.25) is 0 Å². The highest BCUT2D eigenvalue weighted by Gasteiger charge is 2.09. The Morgan fingerprint density at radius 2 is 1.95 bits per heavy atom. The van der Waals surface area contributed by atoms with Crippen molar-refractivity contribution in [2.75, 3.05) is 6.61 Å². The number of hydrogen-bond donors (Lipinski definition) is 1. The molecule has 1 rings (SSSR count). The van der Waals surface area contributed by atoms with E-state index < -0.39 is 0 Å². The third kappa shape index (κ3) is 7.41. The molecule has 0 fully saturated rings. The monoisotopic (exact) mass is 341 g/mol. The maximum absolute atomic E-state index is 5.72. The van der Waals surface area contributed by atoms with Gasteiger partial charge in [0.05, 0.1) is 6.61 Å². The minimum Gasteiger partial charge on any atom is -0.377 e. The molecule has 0 aliphatic carbocycles. The maximum atomic E-state index is 5.72. The minimum absolute atomic E-state index is 0.144. The van der Waals surface area contributed by atoms with Crippen molar-refractivity contribution in [2.24, 2.45) is 5.92 Å². The quantitative estimate of drug-likeness (QED) is 0.712. The van der Waals surface area contributed by atoms with Gasteiger partial charge in [-0.25, -0.2) is 0 Å². The summed E-state index contributed by atoms with van der Waals surface area (Å²) in [4.78, 5) is 0. The maximum Gasteiger partial charge on any atom is 0.0727 e. The molecule has 0 saturated carbocycles. The van der Waals surface area contributed by atoms with Crippen LogP contribution in [0, 0.1) is 5.92 Å². The molecule has 114 valence electrons. The van der Waals surface area contributed by atoms with Crippen molar-refractivity contribution < 1.29 is 4.74 Å². The van der Waals surface area contributed by atoms with E-state index in [0.29, 0.717) is 12.5 Å². The SMILES string of the molecule is CC(C)CCOCc1ccc(CNC(C)(C)C)cc1Br.